The standard InChI is InChI=1S/C18H14N4O3/c1-11-21-15(10-24-11)17-14-8-13(2-3-16(14)25-22-17)18(23)20-9-12-4-6-19-7-5-12/h2-8,10H,9H2,1H3,(H,20,23). The minimum atomic E-state index is -0.179. The van der Waals surface area contributed by atoms with E-state index >= 15 is 0 Å². The smallest absolute Gasteiger partial charge is 0.251 e. The van der Waals surface area contributed by atoms with Crippen LogP contribution in [0, 0.1) is 6.92 Å². The average molecular weight is 334 g/mol. The summed E-state index contributed by atoms with van der Waals surface area (Å²) in [5, 5.41) is 7.63. The number of hydrogen-bond donors (Lipinski definition) is 1. The number of aromatic nitrogens is 3. The molecule has 0 saturated carbocycles. The van der Waals surface area contributed by atoms with Gasteiger partial charge in [0.1, 0.15) is 17.7 Å². The molecule has 4 aromatic rings. The number of rotatable bonds is 4. The van der Waals surface area contributed by atoms with Crippen LogP contribution in [0.15, 0.2) is 57.9 Å². The van der Waals surface area contributed by atoms with Crippen molar-refractivity contribution in [1.29, 1.82) is 0 Å². The third-order valence-corrected chi connectivity index (χ3v) is 3.80. The van der Waals surface area contributed by atoms with Crippen LogP contribution < -0.4 is 5.32 Å². The van der Waals surface area contributed by atoms with Crippen LogP contribution in [0.5, 0.6) is 0 Å². The Balaban J connectivity index is 1.61. The Labute approximate surface area is 142 Å². The van der Waals surface area contributed by atoms with E-state index in [2.05, 4.69) is 20.4 Å². The number of benzene rings is 1. The van der Waals surface area contributed by atoms with E-state index in [1.165, 1.54) is 6.26 Å². The van der Waals surface area contributed by atoms with Gasteiger partial charge in [-0.2, -0.15) is 0 Å². The van der Waals surface area contributed by atoms with Gasteiger partial charge in [0.15, 0.2) is 11.5 Å². The molecule has 0 aliphatic rings. The second-order valence-corrected chi connectivity index (χ2v) is 5.53. The first kappa shape index (κ1) is 15.1. The first-order chi connectivity index (χ1) is 12.2. The Morgan fingerprint density at radius 3 is 2.80 bits per heavy atom. The first-order valence-electron chi connectivity index (χ1n) is 7.70. The monoisotopic (exact) mass is 334 g/mol. The topological polar surface area (TPSA) is 94.0 Å². The van der Waals surface area contributed by atoms with Gasteiger partial charge in [-0.05, 0) is 35.9 Å². The summed E-state index contributed by atoms with van der Waals surface area (Å²) < 4.78 is 10.5. The van der Waals surface area contributed by atoms with Crippen molar-refractivity contribution in [2.24, 2.45) is 0 Å². The second-order valence-electron chi connectivity index (χ2n) is 5.53. The second kappa shape index (κ2) is 6.20. The molecule has 4 rings (SSSR count). The number of amides is 1. The molecule has 0 unspecified atom stereocenters. The van der Waals surface area contributed by atoms with Gasteiger partial charge in [-0.15, -0.1) is 0 Å². The molecule has 1 N–H and O–H groups in total. The molecule has 0 radical (unpaired) electrons. The van der Waals surface area contributed by atoms with Gasteiger partial charge in [-0.3, -0.25) is 9.78 Å². The van der Waals surface area contributed by atoms with E-state index in [4.69, 9.17) is 8.94 Å². The van der Waals surface area contributed by atoms with E-state index in [0.717, 1.165) is 5.56 Å². The Bertz CT molecular complexity index is 1040. The van der Waals surface area contributed by atoms with Crippen LogP contribution in [0.2, 0.25) is 0 Å². The molecule has 3 aromatic heterocycles. The lowest BCUT2D eigenvalue weighted by molar-refractivity contribution is 0.0951. The zero-order chi connectivity index (χ0) is 17.2. The van der Waals surface area contributed by atoms with Gasteiger partial charge in [0.2, 0.25) is 0 Å². The zero-order valence-corrected chi connectivity index (χ0v) is 13.4. The van der Waals surface area contributed by atoms with E-state index < -0.39 is 0 Å². The molecule has 0 saturated heterocycles. The summed E-state index contributed by atoms with van der Waals surface area (Å²) in [6.07, 6.45) is 4.90. The van der Waals surface area contributed by atoms with E-state index in [1.807, 2.05) is 12.1 Å². The largest absolute Gasteiger partial charge is 0.449 e. The van der Waals surface area contributed by atoms with Crippen molar-refractivity contribution in [1.82, 2.24) is 20.4 Å². The van der Waals surface area contributed by atoms with E-state index in [0.29, 0.717) is 40.4 Å². The molecule has 1 amide bonds. The van der Waals surface area contributed by atoms with Gasteiger partial charge in [-0.25, -0.2) is 4.98 Å². The highest BCUT2D eigenvalue weighted by molar-refractivity contribution is 6.00. The highest BCUT2D eigenvalue weighted by Gasteiger charge is 2.16. The predicted octanol–water partition coefficient (Wildman–Crippen LogP) is 3.12. The molecule has 3 heterocycles. The van der Waals surface area contributed by atoms with Gasteiger partial charge < -0.3 is 14.3 Å². The number of fused-ring (bicyclic) bond motifs is 1. The van der Waals surface area contributed by atoms with Crippen LogP contribution >= 0.6 is 0 Å². The maximum absolute atomic E-state index is 12.4. The minimum absolute atomic E-state index is 0.179. The molecular formula is C18H14N4O3. The van der Waals surface area contributed by atoms with Gasteiger partial charge >= 0.3 is 0 Å². The third-order valence-electron chi connectivity index (χ3n) is 3.80. The zero-order valence-electron chi connectivity index (χ0n) is 13.4. The molecule has 0 atom stereocenters. The van der Waals surface area contributed by atoms with Crippen LogP contribution in [0.4, 0.5) is 0 Å². The molecular weight excluding hydrogens is 320 g/mol. The Morgan fingerprint density at radius 1 is 1.20 bits per heavy atom. The lowest BCUT2D eigenvalue weighted by atomic mass is 10.1. The SMILES string of the molecule is Cc1nc(-c2noc3ccc(C(=O)NCc4ccncc4)cc23)co1. The Kier molecular flexibility index (Phi) is 3.74. The average Bonchev–Trinajstić information content (AvgIpc) is 3.25. The third kappa shape index (κ3) is 2.99. The fourth-order valence-electron chi connectivity index (χ4n) is 2.52. The van der Waals surface area contributed by atoms with Crippen molar-refractivity contribution in [3.05, 3.63) is 66.0 Å². The molecule has 124 valence electrons. The highest BCUT2D eigenvalue weighted by Crippen LogP contribution is 2.28. The van der Waals surface area contributed by atoms with Crippen LogP contribution in [0.25, 0.3) is 22.4 Å². The summed E-state index contributed by atoms with van der Waals surface area (Å²) in [6, 6.07) is 8.88. The van der Waals surface area contributed by atoms with Crippen molar-refractivity contribution in [2.75, 3.05) is 0 Å². The fraction of sp³-hybridized carbons (Fsp3) is 0.111. The molecule has 0 bridgehead atoms. The fourth-order valence-corrected chi connectivity index (χ4v) is 2.52. The number of nitrogens with one attached hydrogen (secondary N) is 1. The quantitative estimate of drug-likeness (QED) is 0.616. The van der Waals surface area contributed by atoms with Gasteiger partial charge in [0.25, 0.3) is 5.91 Å². The van der Waals surface area contributed by atoms with E-state index in [1.54, 1.807) is 37.5 Å². The summed E-state index contributed by atoms with van der Waals surface area (Å²) in [4.78, 5) is 20.6. The van der Waals surface area contributed by atoms with Crippen molar-refractivity contribution in [3.63, 3.8) is 0 Å². The summed E-state index contributed by atoms with van der Waals surface area (Å²) in [5.41, 5.74) is 3.21. The van der Waals surface area contributed by atoms with Crippen molar-refractivity contribution >= 4 is 16.9 Å². The number of nitrogens with zero attached hydrogens (tertiary/aromatic N) is 3. The highest BCUT2D eigenvalue weighted by atomic mass is 16.5. The Morgan fingerprint density at radius 2 is 2.04 bits per heavy atom. The number of aryl methyl sites for hydroxylation is 1. The van der Waals surface area contributed by atoms with Gasteiger partial charge in [-0.1, -0.05) is 5.16 Å². The molecule has 0 aliphatic carbocycles. The number of pyridine rings is 1. The normalized spacial score (nSPS) is 10.9. The van der Waals surface area contributed by atoms with E-state index in [-0.39, 0.29) is 5.91 Å². The summed E-state index contributed by atoms with van der Waals surface area (Å²) in [6.45, 7) is 2.18. The predicted molar refractivity (Wildman–Crippen MR) is 89.7 cm³/mol. The maximum Gasteiger partial charge on any atom is 0.251 e. The summed E-state index contributed by atoms with van der Waals surface area (Å²) in [5.74, 6) is 0.361. The number of hydrogen-bond acceptors (Lipinski definition) is 6. The van der Waals surface area contributed by atoms with Crippen LogP contribution in [-0.4, -0.2) is 21.0 Å². The van der Waals surface area contributed by atoms with Crippen LogP contribution in [0.3, 0.4) is 0 Å². The maximum atomic E-state index is 12.4. The Hall–Kier alpha value is -3.48. The van der Waals surface area contributed by atoms with Crippen LogP contribution in [-0.2, 0) is 6.54 Å². The van der Waals surface area contributed by atoms with Gasteiger partial charge in [0, 0.05) is 31.4 Å². The number of carbonyl (C=O) groups excluding carboxylic acids is 1. The molecule has 0 spiro atoms. The van der Waals surface area contributed by atoms with Crippen molar-refractivity contribution in [3.8, 4) is 11.4 Å². The lowest BCUT2D eigenvalue weighted by Crippen LogP contribution is -2.22. The molecule has 7 heteroatoms. The van der Waals surface area contributed by atoms with Crippen molar-refractivity contribution in [2.45, 2.75) is 13.5 Å². The summed E-state index contributed by atoms with van der Waals surface area (Å²) in [7, 11) is 0. The number of carbonyl (C=O) groups is 1. The molecule has 1 aromatic carbocycles. The van der Waals surface area contributed by atoms with E-state index in [9.17, 15) is 4.79 Å². The minimum Gasteiger partial charge on any atom is -0.449 e. The summed E-state index contributed by atoms with van der Waals surface area (Å²) >= 11 is 0. The molecule has 7 nitrogen and oxygen atoms in total. The molecule has 0 aliphatic heterocycles. The lowest BCUT2D eigenvalue weighted by Gasteiger charge is -2.05. The van der Waals surface area contributed by atoms with Crippen molar-refractivity contribution < 1.29 is 13.7 Å². The molecule has 25 heavy (non-hydrogen) atoms. The first-order valence-corrected chi connectivity index (χ1v) is 7.70. The number of oxazole rings is 1. The van der Waals surface area contributed by atoms with Crippen LogP contribution in [0.1, 0.15) is 21.8 Å². The molecule has 0 fully saturated rings. The van der Waals surface area contributed by atoms with Gasteiger partial charge in [0.05, 0.1) is 5.39 Å².